The summed E-state index contributed by atoms with van der Waals surface area (Å²) < 4.78 is 32.9. The van der Waals surface area contributed by atoms with Gasteiger partial charge < -0.3 is 10.1 Å². The third-order valence-corrected chi connectivity index (χ3v) is 7.83. The smallest absolute Gasteiger partial charge is 0.243 e. The predicted octanol–water partition coefficient (Wildman–Crippen LogP) is 5.21. The Balaban J connectivity index is 1.76. The van der Waals surface area contributed by atoms with Gasteiger partial charge in [-0.15, -0.1) is 0 Å². The van der Waals surface area contributed by atoms with E-state index in [2.05, 4.69) is 5.32 Å². The molecule has 3 rings (SSSR count). The van der Waals surface area contributed by atoms with Crippen LogP contribution in [-0.2, 0) is 27.8 Å². The van der Waals surface area contributed by atoms with Crippen molar-refractivity contribution in [2.75, 3.05) is 20.2 Å². The highest BCUT2D eigenvalue weighted by molar-refractivity contribution is 7.89. The number of halogens is 3. The van der Waals surface area contributed by atoms with Gasteiger partial charge in [0.05, 0.1) is 18.6 Å². The van der Waals surface area contributed by atoms with E-state index in [0.29, 0.717) is 33.6 Å². The van der Waals surface area contributed by atoms with Gasteiger partial charge in [0, 0.05) is 33.7 Å². The van der Waals surface area contributed by atoms with Gasteiger partial charge >= 0.3 is 0 Å². The van der Waals surface area contributed by atoms with E-state index in [1.165, 1.54) is 24.3 Å². The third-order valence-electron chi connectivity index (χ3n) is 5.06. The van der Waals surface area contributed by atoms with Crippen LogP contribution in [0.2, 0.25) is 15.1 Å². The van der Waals surface area contributed by atoms with E-state index in [1.807, 2.05) is 24.3 Å². The fraction of sp³-hybridized carbons (Fsp3) is 0.208. The van der Waals surface area contributed by atoms with Crippen LogP contribution in [0.5, 0.6) is 5.75 Å². The Labute approximate surface area is 214 Å². The van der Waals surface area contributed by atoms with Gasteiger partial charge in [-0.1, -0.05) is 53.0 Å². The van der Waals surface area contributed by atoms with Crippen LogP contribution in [0.3, 0.4) is 0 Å². The van der Waals surface area contributed by atoms with Crippen molar-refractivity contribution in [3.63, 3.8) is 0 Å². The van der Waals surface area contributed by atoms with Crippen molar-refractivity contribution in [1.29, 1.82) is 0 Å². The maximum Gasteiger partial charge on any atom is 0.243 e. The molecule has 34 heavy (non-hydrogen) atoms. The molecule has 0 bridgehead atoms. The summed E-state index contributed by atoms with van der Waals surface area (Å²) in [6.45, 7) is -0.239. The first-order valence-corrected chi connectivity index (χ1v) is 12.9. The highest BCUT2D eigenvalue weighted by atomic mass is 35.5. The molecule has 0 unspecified atom stereocenters. The van der Waals surface area contributed by atoms with Crippen molar-refractivity contribution in [2.45, 2.75) is 17.9 Å². The molecule has 180 valence electrons. The summed E-state index contributed by atoms with van der Waals surface area (Å²) in [7, 11) is -2.45. The first-order chi connectivity index (χ1) is 16.2. The summed E-state index contributed by atoms with van der Waals surface area (Å²) in [5, 5.41) is 3.79. The number of nitrogens with one attached hydrogen (secondary N) is 1. The SMILES string of the molecule is COc1ccc(CCNC(=O)CN(Cc2c(Cl)cccc2Cl)S(=O)(=O)c2ccc(Cl)cc2)cc1. The first kappa shape index (κ1) is 26.3. The lowest BCUT2D eigenvalue weighted by Gasteiger charge is -2.23. The van der Waals surface area contributed by atoms with Crippen LogP contribution >= 0.6 is 34.8 Å². The second-order valence-electron chi connectivity index (χ2n) is 7.38. The van der Waals surface area contributed by atoms with Crippen LogP contribution in [0.1, 0.15) is 11.1 Å². The maximum absolute atomic E-state index is 13.4. The highest BCUT2D eigenvalue weighted by Gasteiger charge is 2.28. The van der Waals surface area contributed by atoms with Crippen molar-refractivity contribution in [3.8, 4) is 5.75 Å². The van der Waals surface area contributed by atoms with Crippen molar-refractivity contribution >= 4 is 50.7 Å². The van der Waals surface area contributed by atoms with Gasteiger partial charge in [-0.3, -0.25) is 4.79 Å². The molecule has 0 saturated carbocycles. The Kier molecular flexibility index (Phi) is 9.22. The van der Waals surface area contributed by atoms with Crippen LogP contribution in [0.15, 0.2) is 71.6 Å². The largest absolute Gasteiger partial charge is 0.497 e. The molecule has 0 spiro atoms. The van der Waals surface area contributed by atoms with Gasteiger partial charge in [0.25, 0.3) is 0 Å². The molecule has 0 fully saturated rings. The van der Waals surface area contributed by atoms with Crippen molar-refractivity contribution in [2.24, 2.45) is 0 Å². The summed E-state index contributed by atoms with van der Waals surface area (Å²) in [5.41, 5.74) is 1.42. The van der Waals surface area contributed by atoms with E-state index in [-0.39, 0.29) is 11.4 Å². The highest BCUT2D eigenvalue weighted by Crippen LogP contribution is 2.28. The molecule has 0 aliphatic carbocycles. The number of carbonyl (C=O) groups is 1. The van der Waals surface area contributed by atoms with Gasteiger partial charge in [0.1, 0.15) is 5.75 Å². The third kappa shape index (κ3) is 6.87. The zero-order chi connectivity index (χ0) is 24.7. The van der Waals surface area contributed by atoms with Crippen molar-refractivity contribution < 1.29 is 17.9 Å². The van der Waals surface area contributed by atoms with E-state index < -0.39 is 22.5 Å². The molecule has 3 aromatic rings. The molecule has 0 heterocycles. The molecule has 0 aliphatic heterocycles. The molecule has 10 heteroatoms. The lowest BCUT2D eigenvalue weighted by Crippen LogP contribution is -2.41. The van der Waals surface area contributed by atoms with E-state index in [1.54, 1.807) is 25.3 Å². The number of methoxy groups -OCH3 is 1. The predicted molar refractivity (Wildman–Crippen MR) is 135 cm³/mol. The Morgan fingerprint density at radius 1 is 0.941 bits per heavy atom. The minimum atomic E-state index is -4.05. The number of amides is 1. The molecule has 0 atom stereocenters. The van der Waals surface area contributed by atoms with Crippen LogP contribution < -0.4 is 10.1 Å². The van der Waals surface area contributed by atoms with E-state index in [4.69, 9.17) is 39.5 Å². The van der Waals surface area contributed by atoms with Gasteiger partial charge in [-0.25, -0.2) is 8.42 Å². The molecule has 1 amide bonds. The van der Waals surface area contributed by atoms with E-state index in [0.717, 1.165) is 15.6 Å². The standard InChI is InChI=1S/C24H23Cl3N2O4S/c1-33-19-9-5-17(6-10-19)13-14-28-24(30)16-29(15-21-22(26)3-2-4-23(21)27)34(31,32)20-11-7-18(25)8-12-20/h2-12H,13-16H2,1H3,(H,28,30). The first-order valence-electron chi connectivity index (χ1n) is 10.3. The topological polar surface area (TPSA) is 75.7 Å². The Bertz CT molecular complexity index is 1210. The average molecular weight is 542 g/mol. The molecule has 0 aromatic heterocycles. The van der Waals surface area contributed by atoms with E-state index in [9.17, 15) is 13.2 Å². The summed E-state index contributed by atoms with van der Waals surface area (Å²) in [4.78, 5) is 12.7. The Morgan fingerprint density at radius 3 is 2.15 bits per heavy atom. The molecule has 3 aromatic carbocycles. The Hall–Kier alpha value is -2.29. The number of hydrogen-bond donors (Lipinski definition) is 1. The summed E-state index contributed by atoms with van der Waals surface area (Å²) in [6, 6.07) is 18.1. The molecule has 0 saturated heterocycles. The number of benzene rings is 3. The van der Waals surface area contributed by atoms with Crippen molar-refractivity contribution in [3.05, 3.63) is 92.9 Å². The monoisotopic (exact) mass is 540 g/mol. The second kappa shape index (κ2) is 11.9. The van der Waals surface area contributed by atoms with Crippen LogP contribution in [0.4, 0.5) is 0 Å². The lowest BCUT2D eigenvalue weighted by molar-refractivity contribution is -0.121. The molecule has 6 nitrogen and oxygen atoms in total. The van der Waals surface area contributed by atoms with Gasteiger partial charge in [-0.05, 0) is 60.5 Å². The fourth-order valence-electron chi connectivity index (χ4n) is 3.20. The molecule has 1 N–H and O–H groups in total. The normalized spacial score (nSPS) is 11.4. The van der Waals surface area contributed by atoms with Gasteiger partial charge in [0.15, 0.2) is 0 Å². The molecular formula is C24H23Cl3N2O4S. The number of ether oxygens (including phenoxy) is 1. The second-order valence-corrected chi connectivity index (χ2v) is 10.6. The number of carbonyl (C=O) groups excluding carboxylic acids is 1. The minimum absolute atomic E-state index is 0.00566. The quantitative estimate of drug-likeness (QED) is 0.383. The fourth-order valence-corrected chi connectivity index (χ4v) is 5.20. The maximum atomic E-state index is 13.4. The van der Waals surface area contributed by atoms with Crippen LogP contribution in [0, 0.1) is 0 Å². The van der Waals surface area contributed by atoms with Crippen LogP contribution in [0.25, 0.3) is 0 Å². The van der Waals surface area contributed by atoms with Crippen molar-refractivity contribution in [1.82, 2.24) is 9.62 Å². The van der Waals surface area contributed by atoms with Crippen LogP contribution in [-0.4, -0.2) is 38.8 Å². The summed E-state index contributed by atoms with van der Waals surface area (Å²) >= 11 is 18.4. The number of rotatable bonds is 10. The summed E-state index contributed by atoms with van der Waals surface area (Å²) in [5.74, 6) is 0.295. The minimum Gasteiger partial charge on any atom is -0.497 e. The van der Waals surface area contributed by atoms with Gasteiger partial charge in [0.2, 0.25) is 15.9 Å². The van der Waals surface area contributed by atoms with Gasteiger partial charge in [-0.2, -0.15) is 4.31 Å². The zero-order valence-corrected chi connectivity index (χ0v) is 21.4. The summed E-state index contributed by atoms with van der Waals surface area (Å²) in [6.07, 6.45) is 0.579. The average Bonchev–Trinajstić information content (AvgIpc) is 2.81. The molecule has 0 radical (unpaired) electrons. The number of sulfonamides is 1. The number of nitrogens with zero attached hydrogens (tertiary/aromatic N) is 1. The lowest BCUT2D eigenvalue weighted by atomic mass is 10.1. The van der Waals surface area contributed by atoms with E-state index >= 15 is 0 Å². The number of hydrogen-bond acceptors (Lipinski definition) is 4. The molecule has 0 aliphatic rings. The zero-order valence-electron chi connectivity index (χ0n) is 18.3. The molecular weight excluding hydrogens is 519 g/mol. The Morgan fingerprint density at radius 2 is 1.56 bits per heavy atom.